The molecule has 1 spiro atoms. The summed E-state index contributed by atoms with van der Waals surface area (Å²) in [6, 6.07) is 32.0. The van der Waals surface area contributed by atoms with Gasteiger partial charge in [-0.2, -0.15) is 0 Å². The molecule has 4 aromatic rings. The second-order valence-electron chi connectivity index (χ2n) is 8.78. The number of benzene rings is 4. The Balaban J connectivity index is 1.67. The Morgan fingerprint density at radius 1 is 0.625 bits per heavy atom. The minimum absolute atomic E-state index is 0.127. The normalized spacial score (nSPS) is 15.6. The number of halogens is 2. The molecule has 0 unspecified atom stereocenters. The molecule has 4 aromatic carbocycles. The van der Waals surface area contributed by atoms with Crippen molar-refractivity contribution in [1.29, 1.82) is 0 Å². The summed E-state index contributed by atoms with van der Waals surface area (Å²) in [5, 5.41) is 1.13. The summed E-state index contributed by atoms with van der Waals surface area (Å²) in [4.78, 5) is 2.26. The number of hydrogen-bond donors (Lipinski definition) is 0. The summed E-state index contributed by atoms with van der Waals surface area (Å²) in [6.07, 6.45) is 4.98. The summed E-state index contributed by atoms with van der Waals surface area (Å²) in [5.74, 6) is 0. The summed E-state index contributed by atoms with van der Waals surface area (Å²) < 4.78 is 0. The first-order valence-corrected chi connectivity index (χ1v) is 12.0. The molecule has 1 saturated carbocycles. The van der Waals surface area contributed by atoms with Gasteiger partial charge >= 0.3 is 0 Å². The molecule has 3 heteroatoms. The van der Waals surface area contributed by atoms with Gasteiger partial charge in [0.1, 0.15) is 0 Å². The first-order chi connectivity index (χ1) is 15.7. The Bertz CT molecular complexity index is 1310. The third-order valence-corrected chi connectivity index (χ3v) is 7.96. The van der Waals surface area contributed by atoms with E-state index < -0.39 is 0 Å². The van der Waals surface area contributed by atoms with Crippen LogP contribution in [-0.4, -0.2) is 0 Å². The number of para-hydroxylation sites is 1. The van der Waals surface area contributed by atoms with E-state index >= 15 is 0 Å². The highest BCUT2D eigenvalue weighted by atomic mass is 35.5. The lowest BCUT2D eigenvalue weighted by Crippen LogP contribution is -2.20. The highest BCUT2D eigenvalue weighted by Crippen LogP contribution is 2.60. The van der Waals surface area contributed by atoms with Crippen molar-refractivity contribution < 1.29 is 0 Å². The maximum absolute atomic E-state index is 6.79. The number of nitrogens with zero attached hydrogens (tertiary/aromatic N) is 1. The van der Waals surface area contributed by atoms with Gasteiger partial charge in [0.2, 0.25) is 0 Å². The fourth-order valence-corrected chi connectivity index (χ4v) is 6.22. The van der Waals surface area contributed by atoms with Crippen LogP contribution in [0.2, 0.25) is 10.0 Å². The molecule has 1 nitrogen and oxygen atoms in total. The molecule has 0 saturated heterocycles. The molecule has 158 valence electrons. The largest absolute Gasteiger partial charge is 0.308 e. The van der Waals surface area contributed by atoms with E-state index in [9.17, 15) is 0 Å². The molecular formula is C29H23Cl2N. The maximum atomic E-state index is 6.79. The lowest BCUT2D eigenvalue weighted by atomic mass is 9.77. The summed E-state index contributed by atoms with van der Waals surface area (Å²) >= 11 is 13.3. The monoisotopic (exact) mass is 455 g/mol. The van der Waals surface area contributed by atoms with Crippen molar-refractivity contribution in [3.05, 3.63) is 112 Å². The van der Waals surface area contributed by atoms with Crippen LogP contribution >= 0.6 is 23.2 Å². The third-order valence-electron chi connectivity index (χ3n) is 7.15. The zero-order valence-electron chi connectivity index (χ0n) is 17.7. The van der Waals surface area contributed by atoms with E-state index in [4.69, 9.17) is 23.2 Å². The van der Waals surface area contributed by atoms with Gasteiger partial charge in [0, 0.05) is 16.7 Å². The lowest BCUT2D eigenvalue weighted by Gasteiger charge is -2.30. The van der Waals surface area contributed by atoms with Crippen LogP contribution in [0.3, 0.4) is 0 Å². The molecule has 0 atom stereocenters. The second kappa shape index (κ2) is 7.69. The minimum atomic E-state index is 0.127. The number of anilines is 3. The molecular weight excluding hydrogens is 433 g/mol. The Kier molecular flexibility index (Phi) is 4.78. The maximum Gasteiger partial charge on any atom is 0.0832 e. The second-order valence-corrected chi connectivity index (χ2v) is 9.56. The minimum Gasteiger partial charge on any atom is -0.308 e. The fourth-order valence-electron chi connectivity index (χ4n) is 5.84. The van der Waals surface area contributed by atoms with Crippen molar-refractivity contribution in [3.63, 3.8) is 0 Å². The molecule has 0 amide bonds. The summed E-state index contributed by atoms with van der Waals surface area (Å²) in [5.41, 5.74) is 8.83. The molecule has 1 fully saturated rings. The van der Waals surface area contributed by atoms with Crippen molar-refractivity contribution in [2.24, 2.45) is 0 Å². The van der Waals surface area contributed by atoms with E-state index in [0.717, 1.165) is 17.1 Å². The zero-order valence-corrected chi connectivity index (χ0v) is 19.2. The Morgan fingerprint density at radius 3 is 2.09 bits per heavy atom. The molecule has 2 aliphatic rings. The van der Waals surface area contributed by atoms with Gasteiger partial charge in [0.15, 0.2) is 0 Å². The standard InChI is InChI=1S/C29H23Cl2N/c30-24-15-9-17-26(28(24)31)32(20-10-2-1-3-11-20)25-16-8-14-23-27(25)21-12-4-5-13-22(21)29(23)18-6-7-19-29/h1-5,8-17H,6-7,18-19H2. The van der Waals surface area contributed by atoms with Crippen LogP contribution < -0.4 is 4.90 Å². The van der Waals surface area contributed by atoms with Crippen LogP contribution in [0.25, 0.3) is 11.1 Å². The Labute approximate surface area is 199 Å². The van der Waals surface area contributed by atoms with Crippen molar-refractivity contribution in [1.82, 2.24) is 0 Å². The molecule has 0 N–H and O–H groups in total. The molecule has 2 aliphatic carbocycles. The Morgan fingerprint density at radius 2 is 1.28 bits per heavy atom. The van der Waals surface area contributed by atoms with Crippen molar-refractivity contribution in [2.75, 3.05) is 4.90 Å². The van der Waals surface area contributed by atoms with Crippen LogP contribution in [0, 0.1) is 0 Å². The average Bonchev–Trinajstić information content (AvgIpc) is 3.43. The number of rotatable bonds is 3. The molecule has 0 heterocycles. The van der Waals surface area contributed by atoms with Crippen LogP contribution in [0.15, 0.2) is 91.0 Å². The van der Waals surface area contributed by atoms with E-state index in [1.54, 1.807) is 0 Å². The fraction of sp³-hybridized carbons (Fsp3) is 0.172. The van der Waals surface area contributed by atoms with Gasteiger partial charge in [0.05, 0.1) is 21.4 Å². The first-order valence-electron chi connectivity index (χ1n) is 11.2. The van der Waals surface area contributed by atoms with E-state index in [1.807, 2.05) is 24.3 Å². The van der Waals surface area contributed by atoms with E-state index in [0.29, 0.717) is 10.0 Å². The highest BCUT2D eigenvalue weighted by molar-refractivity contribution is 6.44. The number of fused-ring (bicyclic) bond motifs is 5. The van der Waals surface area contributed by atoms with Crippen molar-refractivity contribution in [3.8, 4) is 11.1 Å². The summed E-state index contributed by atoms with van der Waals surface area (Å²) in [6.45, 7) is 0. The van der Waals surface area contributed by atoms with Gasteiger partial charge < -0.3 is 4.90 Å². The van der Waals surface area contributed by atoms with Gasteiger partial charge in [-0.1, -0.05) is 96.7 Å². The smallest absolute Gasteiger partial charge is 0.0832 e. The quantitative estimate of drug-likeness (QED) is 0.297. The summed E-state index contributed by atoms with van der Waals surface area (Å²) in [7, 11) is 0. The highest BCUT2D eigenvalue weighted by Gasteiger charge is 2.46. The van der Waals surface area contributed by atoms with E-state index in [1.165, 1.54) is 47.9 Å². The molecule has 32 heavy (non-hydrogen) atoms. The number of hydrogen-bond acceptors (Lipinski definition) is 1. The van der Waals surface area contributed by atoms with Crippen LogP contribution in [0.5, 0.6) is 0 Å². The SMILES string of the molecule is Clc1cccc(N(c2ccccc2)c2cccc3c2-c2ccccc2C32CCCC2)c1Cl. The first kappa shape index (κ1) is 19.9. The van der Waals surface area contributed by atoms with Gasteiger partial charge in [-0.05, 0) is 59.9 Å². The lowest BCUT2D eigenvalue weighted by molar-refractivity contribution is 0.550. The van der Waals surface area contributed by atoms with Crippen LogP contribution in [-0.2, 0) is 5.41 Å². The molecule has 6 rings (SSSR count). The van der Waals surface area contributed by atoms with Gasteiger partial charge in [-0.25, -0.2) is 0 Å². The predicted octanol–water partition coefficient (Wildman–Crippen LogP) is 9.30. The molecule has 0 bridgehead atoms. The van der Waals surface area contributed by atoms with Crippen LogP contribution in [0.1, 0.15) is 36.8 Å². The van der Waals surface area contributed by atoms with Crippen molar-refractivity contribution >= 4 is 40.3 Å². The Hall–Kier alpha value is -2.74. The molecule has 0 aliphatic heterocycles. The van der Waals surface area contributed by atoms with Crippen LogP contribution in [0.4, 0.5) is 17.1 Å². The predicted molar refractivity (Wildman–Crippen MR) is 136 cm³/mol. The average molecular weight is 456 g/mol. The molecule has 0 radical (unpaired) electrons. The zero-order chi connectivity index (χ0) is 21.7. The third kappa shape index (κ3) is 2.85. The molecule has 0 aromatic heterocycles. The van der Waals surface area contributed by atoms with Crippen molar-refractivity contribution in [2.45, 2.75) is 31.1 Å². The topological polar surface area (TPSA) is 3.24 Å². The van der Waals surface area contributed by atoms with Gasteiger partial charge in [-0.3, -0.25) is 0 Å². The van der Waals surface area contributed by atoms with Gasteiger partial charge in [-0.15, -0.1) is 0 Å². The van der Waals surface area contributed by atoms with E-state index in [2.05, 4.69) is 71.6 Å². The van der Waals surface area contributed by atoms with E-state index in [-0.39, 0.29) is 5.41 Å². The van der Waals surface area contributed by atoms with Gasteiger partial charge in [0.25, 0.3) is 0 Å².